The number of hydrogen-bond acceptors (Lipinski definition) is 0. The smallest absolute Gasteiger partial charge is 0.00137 e. The summed E-state index contributed by atoms with van der Waals surface area (Å²) in [5.41, 5.74) is 7.52. The molecule has 0 bridgehead atoms. The van der Waals surface area contributed by atoms with Crippen LogP contribution in [0.25, 0.3) is 109 Å². The highest BCUT2D eigenvalue weighted by atomic mass is 14.3. The van der Waals surface area contributed by atoms with Gasteiger partial charge in [-0.05, 0) is 115 Å². The molecular weight excluding hydrogens is 625 g/mol. The van der Waals surface area contributed by atoms with Gasteiger partial charge in [0.2, 0.25) is 0 Å². The molecular formula is C52H32. The summed E-state index contributed by atoms with van der Waals surface area (Å²) in [6, 6.07) is 72.0. The third-order valence-electron chi connectivity index (χ3n) is 11.2. The van der Waals surface area contributed by atoms with Crippen molar-refractivity contribution in [3.05, 3.63) is 194 Å². The molecule has 0 saturated carbocycles. The van der Waals surface area contributed by atoms with Gasteiger partial charge in [-0.15, -0.1) is 0 Å². The van der Waals surface area contributed by atoms with Crippen LogP contribution in [0.4, 0.5) is 0 Å². The molecule has 11 aromatic rings. The lowest BCUT2D eigenvalue weighted by molar-refractivity contribution is 1.63. The molecule has 0 fully saturated rings. The second kappa shape index (κ2) is 11.4. The van der Waals surface area contributed by atoms with Crippen LogP contribution in [0.1, 0.15) is 0 Å². The van der Waals surface area contributed by atoms with Crippen molar-refractivity contribution in [1.82, 2.24) is 0 Å². The Morgan fingerprint density at radius 3 is 1.33 bits per heavy atom. The Labute approximate surface area is 301 Å². The Balaban J connectivity index is 1.39. The molecule has 0 nitrogen and oxygen atoms in total. The first-order chi connectivity index (χ1) is 25.8. The van der Waals surface area contributed by atoms with E-state index in [1.165, 1.54) is 109 Å². The zero-order valence-electron chi connectivity index (χ0n) is 28.5. The van der Waals surface area contributed by atoms with Crippen molar-refractivity contribution in [1.29, 1.82) is 0 Å². The van der Waals surface area contributed by atoms with Crippen LogP contribution in [0.3, 0.4) is 0 Å². The van der Waals surface area contributed by atoms with Crippen molar-refractivity contribution in [2.75, 3.05) is 0 Å². The normalized spacial score (nSPS) is 11.8. The minimum atomic E-state index is 1.23. The minimum absolute atomic E-state index is 1.23. The van der Waals surface area contributed by atoms with Crippen LogP contribution in [-0.4, -0.2) is 0 Å². The molecule has 0 spiro atoms. The van der Waals surface area contributed by atoms with Crippen LogP contribution in [0, 0.1) is 0 Å². The van der Waals surface area contributed by atoms with Crippen LogP contribution >= 0.6 is 0 Å². The van der Waals surface area contributed by atoms with E-state index in [0.29, 0.717) is 0 Å². The fourth-order valence-electron chi connectivity index (χ4n) is 9.00. The summed E-state index contributed by atoms with van der Waals surface area (Å²) < 4.78 is 0. The average Bonchev–Trinajstić information content (AvgIpc) is 3.22. The van der Waals surface area contributed by atoms with Crippen LogP contribution < -0.4 is 0 Å². The lowest BCUT2D eigenvalue weighted by Crippen LogP contribution is -1.96. The molecule has 0 aromatic heterocycles. The van der Waals surface area contributed by atoms with Crippen LogP contribution in [0.5, 0.6) is 0 Å². The Hall–Kier alpha value is -6.76. The summed E-state index contributed by atoms with van der Waals surface area (Å²) in [7, 11) is 0. The molecule has 0 atom stereocenters. The quantitative estimate of drug-likeness (QED) is 0.166. The lowest BCUT2D eigenvalue weighted by Gasteiger charge is -2.23. The SMILES string of the molecule is c1ccc2c(-c3c(-c4cccc5c4ccc4ccccc45)c(-c4cccc5c6ccccc6c6ccccc6c45)cc4ccccc34)cccc2c1. The van der Waals surface area contributed by atoms with E-state index in [4.69, 9.17) is 0 Å². The molecule has 0 radical (unpaired) electrons. The largest absolute Gasteiger partial charge is 0.0616 e. The molecule has 0 N–H and O–H groups in total. The standard InChI is InChI=1S/C52H32/c1-5-19-37-33(14-1)17-11-26-44(37)51-38-20-6-3-16-35(38)32-49(52(51)47-28-12-25-39-36-18-4-2-15-34(36)30-31-43(39)47)48-29-13-27-46-42-22-8-7-21-40(42)41-23-9-10-24-45(41)50(46)48/h1-32H. The van der Waals surface area contributed by atoms with E-state index in [2.05, 4.69) is 194 Å². The van der Waals surface area contributed by atoms with E-state index in [1.54, 1.807) is 0 Å². The number of rotatable bonds is 3. The van der Waals surface area contributed by atoms with Crippen molar-refractivity contribution in [2.24, 2.45) is 0 Å². The van der Waals surface area contributed by atoms with E-state index in [-0.39, 0.29) is 0 Å². The van der Waals surface area contributed by atoms with Gasteiger partial charge in [0.15, 0.2) is 0 Å². The minimum Gasteiger partial charge on any atom is -0.0616 e. The fraction of sp³-hybridized carbons (Fsp3) is 0. The number of fused-ring (bicyclic) bond motifs is 11. The molecule has 0 amide bonds. The third-order valence-corrected chi connectivity index (χ3v) is 11.2. The summed E-state index contributed by atoms with van der Waals surface area (Å²) in [5.74, 6) is 0. The predicted octanol–water partition coefficient (Wildman–Crippen LogP) is 14.8. The number of hydrogen-bond donors (Lipinski definition) is 0. The predicted molar refractivity (Wildman–Crippen MR) is 225 cm³/mol. The first-order valence-electron chi connectivity index (χ1n) is 18.1. The van der Waals surface area contributed by atoms with Crippen molar-refractivity contribution in [2.45, 2.75) is 0 Å². The van der Waals surface area contributed by atoms with Crippen LogP contribution in [0.15, 0.2) is 194 Å². The van der Waals surface area contributed by atoms with Crippen molar-refractivity contribution >= 4 is 75.4 Å². The maximum Gasteiger partial charge on any atom is -0.00137 e. The highest BCUT2D eigenvalue weighted by molar-refractivity contribution is 6.30. The van der Waals surface area contributed by atoms with Gasteiger partial charge in [-0.25, -0.2) is 0 Å². The molecule has 240 valence electrons. The van der Waals surface area contributed by atoms with Crippen molar-refractivity contribution in [3.63, 3.8) is 0 Å². The lowest BCUT2D eigenvalue weighted by atomic mass is 9.80. The van der Waals surface area contributed by atoms with Gasteiger partial charge in [0, 0.05) is 0 Å². The van der Waals surface area contributed by atoms with E-state index < -0.39 is 0 Å². The average molecular weight is 657 g/mol. The van der Waals surface area contributed by atoms with Crippen LogP contribution in [-0.2, 0) is 0 Å². The Morgan fingerprint density at radius 1 is 0.192 bits per heavy atom. The monoisotopic (exact) mass is 656 g/mol. The maximum atomic E-state index is 2.46. The van der Waals surface area contributed by atoms with Crippen LogP contribution in [0.2, 0.25) is 0 Å². The Kier molecular flexibility index (Phi) is 6.35. The maximum absolute atomic E-state index is 2.46. The van der Waals surface area contributed by atoms with E-state index in [9.17, 15) is 0 Å². The van der Waals surface area contributed by atoms with Gasteiger partial charge in [0.1, 0.15) is 0 Å². The summed E-state index contributed by atoms with van der Waals surface area (Å²) in [6.45, 7) is 0. The summed E-state index contributed by atoms with van der Waals surface area (Å²) in [6.07, 6.45) is 0. The molecule has 0 aliphatic heterocycles. The second-order valence-corrected chi connectivity index (χ2v) is 13.9. The molecule has 0 saturated heterocycles. The Bertz CT molecular complexity index is 3190. The summed E-state index contributed by atoms with van der Waals surface area (Å²) in [4.78, 5) is 0. The van der Waals surface area contributed by atoms with E-state index in [1.807, 2.05) is 0 Å². The molecule has 11 rings (SSSR count). The van der Waals surface area contributed by atoms with Gasteiger partial charge >= 0.3 is 0 Å². The molecule has 0 heterocycles. The molecule has 0 aliphatic carbocycles. The number of benzene rings is 11. The first kappa shape index (κ1) is 29.0. The zero-order valence-corrected chi connectivity index (χ0v) is 28.5. The Morgan fingerprint density at radius 2 is 0.615 bits per heavy atom. The molecule has 0 aliphatic rings. The van der Waals surface area contributed by atoms with Gasteiger partial charge in [-0.3, -0.25) is 0 Å². The van der Waals surface area contributed by atoms with Crippen molar-refractivity contribution < 1.29 is 0 Å². The molecule has 11 aromatic carbocycles. The highest BCUT2D eigenvalue weighted by Crippen LogP contribution is 2.51. The van der Waals surface area contributed by atoms with E-state index in [0.717, 1.165) is 0 Å². The van der Waals surface area contributed by atoms with Gasteiger partial charge < -0.3 is 0 Å². The fourth-order valence-corrected chi connectivity index (χ4v) is 9.00. The molecule has 52 heavy (non-hydrogen) atoms. The van der Waals surface area contributed by atoms with Gasteiger partial charge in [0.05, 0.1) is 0 Å². The molecule has 0 unspecified atom stereocenters. The zero-order chi connectivity index (χ0) is 34.2. The van der Waals surface area contributed by atoms with Crippen molar-refractivity contribution in [3.8, 4) is 33.4 Å². The highest BCUT2D eigenvalue weighted by Gasteiger charge is 2.23. The van der Waals surface area contributed by atoms with E-state index >= 15 is 0 Å². The third kappa shape index (κ3) is 4.22. The molecule has 0 heteroatoms. The second-order valence-electron chi connectivity index (χ2n) is 13.9. The topological polar surface area (TPSA) is 0 Å². The summed E-state index contributed by atoms with van der Waals surface area (Å²) in [5, 5.41) is 17.8. The van der Waals surface area contributed by atoms with Gasteiger partial charge in [-0.2, -0.15) is 0 Å². The van der Waals surface area contributed by atoms with Gasteiger partial charge in [0.25, 0.3) is 0 Å². The van der Waals surface area contributed by atoms with Gasteiger partial charge in [-0.1, -0.05) is 188 Å². The first-order valence-corrected chi connectivity index (χ1v) is 18.1. The summed E-state index contributed by atoms with van der Waals surface area (Å²) >= 11 is 0.